The maximum atomic E-state index is 13.3. The van der Waals surface area contributed by atoms with Crippen molar-refractivity contribution in [1.29, 1.82) is 0 Å². The third kappa shape index (κ3) is 4.89. The van der Waals surface area contributed by atoms with Crippen molar-refractivity contribution in [2.75, 3.05) is 26.2 Å². The molecule has 6 nitrogen and oxygen atoms in total. The van der Waals surface area contributed by atoms with Gasteiger partial charge in [-0.15, -0.1) is 0 Å². The zero-order chi connectivity index (χ0) is 23.7. The van der Waals surface area contributed by atoms with Gasteiger partial charge in [0.2, 0.25) is 5.91 Å². The number of carbonyl (C=O) groups excluding carboxylic acids is 2. The van der Waals surface area contributed by atoms with E-state index in [-0.39, 0.29) is 28.8 Å². The van der Waals surface area contributed by atoms with Gasteiger partial charge in [-0.3, -0.25) is 9.59 Å². The minimum Gasteiger partial charge on any atom is -0.339 e. The van der Waals surface area contributed by atoms with Crippen molar-refractivity contribution in [1.82, 2.24) is 19.6 Å². The number of piperazine rings is 1. The quantitative estimate of drug-likeness (QED) is 0.544. The topological polar surface area (TPSA) is 58.4 Å². The highest BCUT2D eigenvalue weighted by Gasteiger charge is 2.27. The van der Waals surface area contributed by atoms with Gasteiger partial charge in [0, 0.05) is 42.5 Å². The van der Waals surface area contributed by atoms with E-state index in [1.807, 2.05) is 30.7 Å². The van der Waals surface area contributed by atoms with Gasteiger partial charge >= 0.3 is 0 Å². The molecule has 1 aromatic heterocycles. The molecule has 0 spiro atoms. The van der Waals surface area contributed by atoms with Gasteiger partial charge in [-0.25, -0.2) is 9.07 Å². The number of carbonyl (C=O) groups is 2. The summed E-state index contributed by atoms with van der Waals surface area (Å²) in [5.74, 6) is -0.760. The molecule has 0 saturated carbocycles. The van der Waals surface area contributed by atoms with Crippen LogP contribution >= 0.6 is 23.2 Å². The fourth-order valence-corrected chi connectivity index (χ4v) is 4.39. The summed E-state index contributed by atoms with van der Waals surface area (Å²) in [6.45, 7) is 5.46. The summed E-state index contributed by atoms with van der Waals surface area (Å²) in [6.07, 6.45) is 0.239. The van der Waals surface area contributed by atoms with Gasteiger partial charge in [-0.1, -0.05) is 23.2 Å². The van der Waals surface area contributed by atoms with Crippen molar-refractivity contribution in [2.45, 2.75) is 20.3 Å². The van der Waals surface area contributed by atoms with Gasteiger partial charge in [0.25, 0.3) is 5.91 Å². The van der Waals surface area contributed by atoms with Crippen LogP contribution in [0, 0.1) is 19.7 Å². The summed E-state index contributed by atoms with van der Waals surface area (Å²) in [4.78, 5) is 29.1. The van der Waals surface area contributed by atoms with Gasteiger partial charge in [0.15, 0.2) is 0 Å². The Bertz CT molecular complexity index is 1200. The molecule has 0 unspecified atom stereocenters. The van der Waals surface area contributed by atoms with Crippen LogP contribution in [0.5, 0.6) is 0 Å². The molecule has 0 N–H and O–H groups in total. The van der Waals surface area contributed by atoms with Gasteiger partial charge in [-0.05, 0) is 56.3 Å². The number of rotatable bonds is 4. The second-order valence-electron chi connectivity index (χ2n) is 8.01. The van der Waals surface area contributed by atoms with E-state index in [1.54, 1.807) is 21.9 Å². The molecule has 172 valence electrons. The van der Waals surface area contributed by atoms with E-state index in [4.69, 9.17) is 23.2 Å². The van der Waals surface area contributed by atoms with Crippen molar-refractivity contribution in [2.24, 2.45) is 0 Å². The predicted molar refractivity (Wildman–Crippen MR) is 126 cm³/mol. The summed E-state index contributed by atoms with van der Waals surface area (Å²) < 4.78 is 15.1. The Balaban J connectivity index is 1.40. The third-order valence-electron chi connectivity index (χ3n) is 5.92. The zero-order valence-electron chi connectivity index (χ0n) is 18.3. The molecule has 1 aliphatic heterocycles. The first kappa shape index (κ1) is 23.3. The van der Waals surface area contributed by atoms with Crippen LogP contribution in [0.3, 0.4) is 0 Å². The monoisotopic (exact) mass is 488 g/mol. The van der Waals surface area contributed by atoms with E-state index in [1.165, 1.54) is 12.1 Å². The molecule has 33 heavy (non-hydrogen) atoms. The van der Waals surface area contributed by atoms with E-state index in [9.17, 15) is 14.0 Å². The molecule has 1 saturated heterocycles. The lowest BCUT2D eigenvalue weighted by Crippen LogP contribution is -2.51. The Kier molecular flexibility index (Phi) is 6.72. The molecule has 0 atom stereocenters. The van der Waals surface area contributed by atoms with Crippen LogP contribution in [-0.2, 0) is 11.2 Å². The first-order chi connectivity index (χ1) is 15.7. The molecule has 9 heteroatoms. The van der Waals surface area contributed by atoms with Crippen LogP contribution in [0.4, 0.5) is 4.39 Å². The SMILES string of the molecule is Cc1nn(-c2ccc(Cl)cc2)c(C)c1CC(=O)N1CCN(C(=O)c2ccc(F)cc2Cl)CC1. The molecule has 4 rings (SSSR count). The number of nitrogens with zero attached hydrogens (tertiary/aromatic N) is 4. The molecule has 0 aliphatic carbocycles. The molecular weight excluding hydrogens is 466 g/mol. The molecular formula is C24H23Cl2FN4O2. The molecule has 2 heterocycles. The summed E-state index contributed by atoms with van der Waals surface area (Å²) >= 11 is 12.0. The predicted octanol–water partition coefficient (Wildman–Crippen LogP) is 4.46. The van der Waals surface area contributed by atoms with E-state index < -0.39 is 5.82 Å². The van der Waals surface area contributed by atoms with E-state index in [0.29, 0.717) is 31.2 Å². The lowest BCUT2D eigenvalue weighted by molar-refractivity contribution is -0.131. The van der Waals surface area contributed by atoms with Crippen molar-refractivity contribution in [3.05, 3.63) is 80.8 Å². The average Bonchev–Trinajstić information content (AvgIpc) is 3.07. The van der Waals surface area contributed by atoms with Crippen LogP contribution in [-0.4, -0.2) is 57.6 Å². The Hall–Kier alpha value is -2.90. The van der Waals surface area contributed by atoms with Crippen LogP contribution in [0.25, 0.3) is 5.69 Å². The van der Waals surface area contributed by atoms with E-state index >= 15 is 0 Å². The van der Waals surface area contributed by atoms with Crippen molar-refractivity contribution in [3.8, 4) is 5.69 Å². The molecule has 0 bridgehead atoms. The Morgan fingerprint density at radius 2 is 1.61 bits per heavy atom. The maximum absolute atomic E-state index is 13.3. The third-order valence-corrected chi connectivity index (χ3v) is 6.49. The van der Waals surface area contributed by atoms with Gasteiger partial charge in [0.05, 0.1) is 28.4 Å². The highest BCUT2D eigenvalue weighted by atomic mass is 35.5. The van der Waals surface area contributed by atoms with Gasteiger partial charge in [0.1, 0.15) is 5.82 Å². The second kappa shape index (κ2) is 9.53. The summed E-state index contributed by atoms with van der Waals surface area (Å²) in [5, 5.41) is 5.34. The summed E-state index contributed by atoms with van der Waals surface area (Å²) in [6, 6.07) is 11.1. The van der Waals surface area contributed by atoms with Crippen molar-refractivity contribution < 1.29 is 14.0 Å². The van der Waals surface area contributed by atoms with Crippen LogP contribution in [0.2, 0.25) is 10.0 Å². The van der Waals surface area contributed by atoms with Crippen LogP contribution < -0.4 is 0 Å². The average molecular weight is 489 g/mol. The summed E-state index contributed by atoms with van der Waals surface area (Å²) in [5.41, 5.74) is 3.74. The first-order valence-corrected chi connectivity index (χ1v) is 11.3. The number of amides is 2. The first-order valence-electron chi connectivity index (χ1n) is 10.6. The smallest absolute Gasteiger partial charge is 0.255 e. The Morgan fingerprint density at radius 1 is 0.970 bits per heavy atom. The normalized spacial score (nSPS) is 14.0. The maximum Gasteiger partial charge on any atom is 0.255 e. The largest absolute Gasteiger partial charge is 0.339 e. The minimum absolute atomic E-state index is 0.0104. The van der Waals surface area contributed by atoms with Crippen LogP contribution in [0.1, 0.15) is 27.3 Å². The van der Waals surface area contributed by atoms with Crippen LogP contribution in [0.15, 0.2) is 42.5 Å². The van der Waals surface area contributed by atoms with E-state index in [2.05, 4.69) is 5.10 Å². The second-order valence-corrected chi connectivity index (χ2v) is 8.86. The van der Waals surface area contributed by atoms with Gasteiger partial charge in [-0.2, -0.15) is 5.10 Å². The molecule has 1 aliphatic rings. The number of hydrogen-bond acceptors (Lipinski definition) is 3. The number of aromatic nitrogens is 2. The minimum atomic E-state index is -0.489. The number of aryl methyl sites for hydroxylation is 1. The number of benzene rings is 2. The standard InChI is InChI=1S/C24H23Cl2FN4O2/c1-15-21(16(2)31(28-15)19-6-3-17(25)4-7-19)14-23(32)29-9-11-30(12-10-29)24(33)20-8-5-18(27)13-22(20)26/h3-8,13H,9-12,14H2,1-2H3. The molecule has 3 aromatic rings. The molecule has 2 amide bonds. The molecule has 0 radical (unpaired) electrons. The summed E-state index contributed by atoms with van der Waals surface area (Å²) in [7, 11) is 0. The van der Waals surface area contributed by atoms with Crippen molar-refractivity contribution in [3.63, 3.8) is 0 Å². The number of halogens is 3. The Labute approximate surface area is 201 Å². The lowest BCUT2D eigenvalue weighted by atomic mass is 10.1. The molecule has 2 aromatic carbocycles. The van der Waals surface area contributed by atoms with Crippen molar-refractivity contribution >= 4 is 35.0 Å². The lowest BCUT2D eigenvalue weighted by Gasteiger charge is -2.35. The zero-order valence-corrected chi connectivity index (χ0v) is 19.8. The van der Waals surface area contributed by atoms with Gasteiger partial charge < -0.3 is 9.80 Å². The Morgan fingerprint density at radius 3 is 2.24 bits per heavy atom. The number of hydrogen-bond donors (Lipinski definition) is 0. The van der Waals surface area contributed by atoms with E-state index in [0.717, 1.165) is 28.7 Å². The highest BCUT2D eigenvalue weighted by molar-refractivity contribution is 6.33. The fraction of sp³-hybridized carbons (Fsp3) is 0.292. The highest BCUT2D eigenvalue weighted by Crippen LogP contribution is 2.22. The fourth-order valence-electron chi connectivity index (χ4n) is 4.02. The molecule has 1 fully saturated rings.